The number of nitrogens with zero attached hydrogens (tertiary/aromatic N) is 1. The van der Waals surface area contributed by atoms with Gasteiger partial charge in [0.15, 0.2) is 21.3 Å². The minimum absolute atomic E-state index is 0.0610. The van der Waals surface area contributed by atoms with E-state index >= 15 is 0 Å². The Labute approximate surface area is 189 Å². The fourth-order valence-electron chi connectivity index (χ4n) is 4.39. The number of benzene rings is 2. The molecule has 1 heterocycles. The van der Waals surface area contributed by atoms with Crippen LogP contribution < -0.4 is 14.8 Å². The lowest BCUT2D eigenvalue weighted by Crippen LogP contribution is -2.46. The molecule has 0 radical (unpaired) electrons. The van der Waals surface area contributed by atoms with Crippen LogP contribution in [0, 0.1) is 0 Å². The van der Waals surface area contributed by atoms with Crippen LogP contribution in [0.15, 0.2) is 48.5 Å². The molecule has 1 amide bonds. The summed E-state index contributed by atoms with van der Waals surface area (Å²) < 4.78 is 35.4. The number of rotatable bonds is 7. The molecule has 1 saturated heterocycles. The lowest BCUT2D eigenvalue weighted by Gasteiger charge is -2.33. The number of hydrogen-bond acceptors (Lipinski definition) is 6. The lowest BCUT2D eigenvalue weighted by atomic mass is 10.0. The molecule has 1 aliphatic carbocycles. The third-order valence-corrected chi connectivity index (χ3v) is 7.74. The Balaban J connectivity index is 1.55. The van der Waals surface area contributed by atoms with E-state index in [1.54, 1.807) is 25.3 Å². The first kappa shape index (κ1) is 22.6. The normalized spacial score (nSPS) is 19.9. The Morgan fingerprint density at radius 3 is 2.38 bits per heavy atom. The van der Waals surface area contributed by atoms with Gasteiger partial charge in [0.25, 0.3) is 0 Å². The second kappa shape index (κ2) is 9.92. The number of hydrogen-bond donors (Lipinski definition) is 1. The molecule has 2 aromatic rings. The number of anilines is 1. The molecule has 2 fully saturated rings. The Hall–Kier alpha value is -2.58. The molecule has 1 unspecified atom stereocenters. The molecule has 1 N–H and O–H groups in total. The first-order chi connectivity index (χ1) is 15.4. The first-order valence-electron chi connectivity index (χ1n) is 11.1. The molecule has 2 aliphatic rings. The summed E-state index contributed by atoms with van der Waals surface area (Å²) in [4.78, 5) is 15.3. The van der Waals surface area contributed by atoms with E-state index in [1.807, 2.05) is 35.2 Å². The van der Waals surface area contributed by atoms with Crippen molar-refractivity contribution in [2.45, 2.75) is 37.8 Å². The third-order valence-electron chi connectivity index (χ3n) is 6.13. The van der Waals surface area contributed by atoms with E-state index < -0.39 is 15.9 Å². The van der Waals surface area contributed by atoms with Gasteiger partial charge in [-0.1, -0.05) is 30.3 Å². The van der Waals surface area contributed by atoms with Crippen LogP contribution in [0.3, 0.4) is 0 Å². The number of sulfone groups is 1. The minimum Gasteiger partial charge on any atom is -0.493 e. The number of nitrogens with one attached hydrogen (secondary N) is 1. The predicted octanol–water partition coefficient (Wildman–Crippen LogP) is 3.43. The van der Waals surface area contributed by atoms with Crippen LogP contribution in [0.25, 0.3) is 0 Å². The molecule has 0 bridgehead atoms. The van der Waals surface area contributed by atoms with Crippen LogP contribution >= 0.6 is 0 Å². The SMILES string of the molecule is COc1ccc(NC(=O)C(c2ccccc2)N2CCS(=O)(=O)CC2)cc1OC1CCCC1. The zero-order valence-electron chi connectivity index (χ0n) is 18.3. The molecule has 4 rings (SSSR count). The van der Waals surface area contributed by atoms with Crippen molar-refractivity contribution in [1.82, 2.24) is 4.90 Å². The van der Waals surface area contributed by atoms with E-state index in [9.17, 15) is 13.2 Å². The summed E-state index contributed by atoms with van der Waals surface area (Å²) in [6, 6.07) is 14.3. The van der Waals surface area contributed by atoms with Crippen molar-refractivity contribution in [3.8, 4) is 11.5 Å². The lowest BCUT2D eigenvalue weighted by molar-refractivity contribution is -0.121. The number of methoxy groups -OCH3 is 1. The van der Waals surface area contributed by atoms with Crippen LogP contribution in [0.5, 0.6) is 11.5 Å². The van der Waals surface area contributed by atoms with E-state index in [0.29, 0.717) is 30.3 Å². The minimum atomic E-state index is -3.04. The van der Waals surface area contributed by atoms with Gasteiger partial charge in [-0.05, 0) is 43.4 Å². The summed E-state index contributed by atoms with van der Waals surface area (Å²) in [5.41, 5.74) is 1.45. The van der Waals surface area contributed by atoms with E-state index in [0.717, 1.165) is 31.2 Å². The van der Waals surface area contributed by atoms with Crippen LogP contribution in [-0.4, -0.2) is 57.0 Å². The average Bonchev–Trinajstić information content (AvgIpc) is 3.29. The van der Waals surface area contributed by atoms with Gasteiger partial charge >= 0.3 is 0 Å². The summed E-state index contributed by atoms with van der Waals surface area (Å²) in [5, 5.41) is 3.01. The fourth-order valence-corrected chi connectivity index (χ4v) is 5.62. The van der Waals surface area contributed by atoms with Crippen molar-refractivity contribution in [2.75, 3.05) is 37.0 Å². The van der Waals surface area contributed by atoms with Crippen molar-refractivity contribution in [2.24, 2.45) is 0 Å². The van der Waals surface area contributed by atoms with Crippen LogP contribution in [-0.2, 0) is 14.6 Å². The molecule has 8 heteroatoms. The maximum Gasteiger partial charge on any atom is 0.246 e. The Morgan fingerprint density at radius 1 is 1.03 bits per heavy atom. The molecule has 1 aliphatic heterocycles. The predicted molar refractivity (Wildman–Crippen MR) is 124 cm³/mol. The Kier molecular flexibility index (Phi) is 7.01. The number of ether oxygens (including phenoxy) is 2. The second-order valence-electron chi connectivity index (χ2n) is 8.38. The molecule has 1 saturated carbocycles. The van der Waals surface area contributed by atoms with Gasteiger partial charge in [0.2, 0.25) is 5.91 Å². The highest BCUT2D eigenvalue weighted by molar-refractivity contribution is 7.91. The highest BCUT2D eigenvalue weighted by atomic mass is 32.2. The zero-order chi connectivity index (χ0) is 22.6. The maximum atomic E-state index is 13.4. The van der Waals surface area contributed by atoms with Gasteiger partial charge in [-0.3, -0.25) is 9.69 Å². The molecule has 172 valence electrons. The van der Waals surface area contributed by atoms with Gasteiger partial charge in [0, 0.05) is 24.8 Å². The van der Waals surface area contributed by atoms with Crippen LogP contribution in [0.2, 0.25) is 0 Å². The Bertz CT molecular complexity index is 1020. The standard InChI is InChI=1S/C24H30N2O5S/c1-30-21-12-11-19(17-22(21)31-20-9-5-6-10-20)25-24(27)23(18-7-3-2-4-8-18)26-13-15-32(28,29)16-14-26/h2-4,7-8,11-12,17,20,23H,5-6,9-10,13-16H2,1H3,(H,25,27). The fraction of sp³-hybridized carbons (Fsp3) is 0.458. The summed E-state index contributed by atoms with van der Waals surface area (Å²) >= 11 is 0. The highest BCUT2D eigenvalue weighted by Crippen LogP contribution is 2.34. The highest BCUT2D eigenvalue weighted by Gasteiger charge is 2.32. The number of amides is 1. The third kappa shape index (κ3) is 5.42. The van der Waals surface area contributed by atoms with Gasteiger partial charge in [-0.15, -0.1) is 0 Å². The van der Waals surface area contributed by atoms with Crippen LogP contribution in [0.1, 0.15) is 37.3 Å². The molecule has 1 atom stereocenters. The monoisotopic (exact) mass is 458 g/mol. The topological polar surface area (TPSA) is 84.9 Å². The van der Waals surface area contributed by atoms with Gasteiger partial charge < -0.3 is 14.8 Å². The van der Waals surface area contributed by atoms with Gasteiger partial charge in [-0.25, -0.2) is 8.42 Å². The van der Waals surface area contributed by atoms with Gasteiger partial charge in [0.05, 0.1) is 24.7 Å². The summed E-state index contributed by atoms with van der Waals surface area (Å²) in [6.07, 6.45) is 4.53. The van der Waals surface area contributed by atoms with Gasteiger partial charge in [-0.2, -0.15) is 0 Å². The number of carbonyl (C=O) groups excluding carboxylic acids is 1. The van der Waals surface area contributed by atoms with Crippen molar-refractivity contribution >= 4 is 21.4 Å². The van der Waals surface area contributed by atoms with Crippen molar-refractivity contribution in [3.63, 3.8) is 0 Å². The second-order valence-corrected chi connectivity index (χ2v) is 10.7. The summed E-state index contributed by atoms with van der Waals surface area (Å²) in [6.45, 7) is 0.655. The zero-order valence-corrected chi connectivity index (χ0v) is 19.1. The van der Waals surface area contributed by atoms with Crippen molar-refractivity contribution < 1.29 is 22.7 Å². The molecule has 0 aromatic heterocycles. The smallest absolute Gasteiger partial charge is 0.246 e. The molecular weight excluding hydrogens is 428 g/mol. The Morgan fingerprint density at radius 2 is 1.72 bits per heavy atom. The quantitative estimate of drug-likeness (QED) is 0.684. The summed E-state index contributed by atoms with van der Waals surface area (Å²) in [5.74, 6) is 1.18. The van der Waals surface area contributed by atoms with Crippen LogP contribution in [0.4, 0.5) is 5.69 Å². The summed E-state index contributed by atoms with van der Waals surface area (Å²) in [7, 11) is -1.44. The maximum absolute atomic E-state index is 13.4. The number of carbonyl (C=O) groups is 1. The average molecular weight is 459 g/mol. The van der Waals surface area contributed by atoms with Gasteiger partial charge in [0.1, 0.15) is 6.04 Å². The van der Waals surface area contributed by atoms with E-state index in [-0.39, 0.29) is 23.5 Å². The van der Waals surface area contributed by atoms with Crippen molar-refractivity contribution in [3.05, 3.63) is 54.1 Å². The molecule has 2 aromatic carbocycles. The first-order valence-corrected chi connectivity index (χ1v) is 12.9. The largest absolute Gasteiger partial charge is 0.493 e. The van der Waals surface area contributed by atoms with E-state index in [2.05, 4.69) is 5.32 Å². The molecular formula is C24H30N2O5S. The van der Waals surface area contributed by atoms with E-state index in [4.69, 9.17) is 9.47 Å². The molecule has 0 spiro atoms. The molecule has 7 nitrogen and oxygen atoms in total. The molecule has 32 heavy (non-hydrogen) atoms. The van der Waals surface area contributed by atoms with Crippen molar-refractivity contribution in [1.29, 1.82) is 0 Å². The van der Waals surface area contributed by atoms with E-state index in [1.165, 1.54) is 0 Å².